The summed E-state index contributed by atoms with van der Waals surface area (Å²) in [6, 6.07) is 0. The number of alkyl halides is 2. The van der Waals surface area contributed by atoms with E-state index >= 15 is 0 Å². The third-order valence-electron chi connectivity index (χ3n) is 1.73. The van der Waals surface area contributed by atoms with Crippen LogP contribution in [-0.4, -0.2) is 17.6 Å². The molecule has 16 heavy (non-hydrogen) atoms. The molecule has 1 rings (SSSR count). The summed E-state index contributed by atoms with van der Waals surface area (Å²) in [7, 11) is 0. The van der Waals surface area contributed by atoms with E-state index in [1.807, 2.05) is 0 Å². The van der Waals surface area contributed by atoms with E-state index in [1.165, 1.54) is 6.92 Å². The molecule has 0 aliphatic carbocycles. The first kappa shape index (κ1) is 12.8. The Bertz CT molecular complexity index is 412. The highest BCUT2D eigenvalue weighted by atomic mass is 35.5. The van der Waals surface area contributed by atoms with Crippen LogP contribution in [0.25, 0.3) is 0 Å². The Morgan fingerprint density at radius 3 is 2.75 bits per heavy atom. The highest BCUT2D eigenvalue weighted by Crippen LogP contribution is 2.29. The van der Waals surface area contributed by atoms with Crippen molar-refractivity contribution in [3.8, 4) is 0 Å². The predicted molar refractivity (Wildman–Crippen MR) is 50.1 cm³/mol. The van der Waals surface area contributed by atoms with Gasteiger partial charge in [0.1, 0.15) is 0 Å². The van der Waals surface area contributed by atoms with Crippen LogP contribution in [0.4, 0.5) is 13.2 Å². The number of nitrogens with zero attached hydrogens (tertiary/aromatic N) is 1. The Balaban J connectivity index is 3.28. The molecule has 1 aromatic heterocycles. The molecule has 1 heterocycles. The van der Waals surface area contributed by atoms with Gasteiger partial charge >= 0.3 is 5.97 Å². The molecule has 0 unspecified atom stereocenters. The predicted octanol–water partition coefficient (Wildman–Crippen LogP) is 2.99. The molecule has 0 saturated carbocycles. The molecular formula is C9H7ClF3NO2. The lowest BCUT2D eigenvalue weighted by Gasteiger charge is -2.09. The first-order chi connectivity index (χ1) is 7.49. The van der Waals surface area contributed by atoms with Gasteiger partial charge in [0.2, 0.25) is 0 Å². The topological polar surface area (TPSA) is 39.2 Å². The van der Waals surface area contributed by atoms with Crippen LogP contribution in [-0.2, 0) is 4.74 Å². The number of rotatable bonds is 3. The molecule has 0 N–H and O–H groups in total. The van der Waals surface area contributed by atoms with Gasteiger partial charge in [-0.1, -0.05) is 11.6 Å². The maximum atomic E-state index is 13.2. The van der Waals surface area contributed by atoms with Crippen LogP contribution < -0.4 is 0 Å². The summed E-state index contributed by atoms with van der Waals surface area (Å²) in [4.78, 5) is 14.5. The van der Waals surface area contributed by atoms with E-state index in [-0.39, 0.29) is 6.61 Å². The van der Waals surface area contributed by atoms with Gasteiger partial charge in [0, 0.05) is 6.20 Å². The number of ether oxygens (including phenoxy) is 1. The zero-order chi connectivity index (χ0) is 12.3. The molecule has 1 aromatic rings. The van der Waals surface area contributed by atoms with Crippen molar-refractivity contribution in [3.63, 3.8) is 0 Å². The summed E-state index contributed by atoms with van der Waals surface area (Å²) < 4.78 is 42.8. The van der Waals surface area contributed by atoms with Gasteiger partial charge in [0.05, 0.1) is 17.7 Å². The van der Waals surface area contributed by atoms with Crippen molar-refractivity contribution in [3.05, 3.63) is 28.3 Å². The monoisotopic (exact) mass is 253 g/mol. The van der Waals surface area contributed by atoms with E-state index < -0.39 is 34.5 Å². The first-order valence-corrected chi connectivity index (χ1v) is 4.66. The van der Waals surface area contributed by atoms with Crippen molar-refractivity contribution in [1.82, 2.24) is 4.98 Å². The fourth-order valence-electron chi connectivity index (χ4n) is 1.06. The number of hydrogen-bond acceptors (Lipinski definition) is 3. The maximum absolute atomic E-state index is 13.2. The van der Waals surface area contributed by atoms with Gasteiger partial charge in [-0.05, 0) is 6.92 Å². The second-order valence-corrected chi connectivity index (χ2v) is 3.07. The van der Waals surface area contributed by atoms with E-state index in [2.05, 4.69) is 9.72 Å². The van der Waals surface area contributed by atoms with E-state index in [1.54, 1.807) is 0 Å². The minimum atomic E-state index is -3.17. The van der Waals surface area contributed by atoms with Crippen molar-refractivity contribution < 1.29 is 22.7 Å². The first-order valence-electron chi connectivity index (χ1n) is 4.28. The molecule has 0 aliphatic heterocycles. The van der Waals surface area contributed by atoms with Crippen molar-refractivity contribution in [2.24, 2.45) is 0 Å². The standard InChI is InChI=1S/C9H7ClF3NO2/c1-2-16-9(15)4-3-14-7(10)6(11)5(4)8(12)13/h3,8H,2H2,1H3. The lowest BCUT2D eigenvalue weighted by molar-refractivity contribution is 0.0512. The molecule has 0 aliphatic rings. The van der Waals surface area contributed by atoms with Crippen LogP contribution in [0.15, 0.2) is 6.20 Å². The summed E-state index contributed by atoms with van der Waals surface area (Å²) in [5.41, 5.74) is -1.70. The number of esters is 1. The van der Waals surface area contributed by atoms with Crippen LogP contribution in [0.3, 0.4) is 0 Å². The molecule has 0 spiro atoms. The molecule has 0 atom stereocenters. The molecule has 7 heteroatoms. The average Bonchev–Trinajstić information content (AvgIpc) is 2.21. The van der Waals surface area contributed by atoms with E-state index in [4.69, 9.17) is 11.6 Å². The van der Waals surface area contributed by atoms with Gasteiger partial charge in [-0.25, -0.2) is 22.9 Å². The van der Waals surface area contributed by atoms with Crippen molar-refractivity contribution >= 4 is 17.6 Å². The summed E-state index contributed by atoms with van der Waals surface area (Å²) in [6.45, 7) is 1.49. The Kier molecular flexibility index (Phi) is 4.12. The van der Waals surface area contributed by atoms with Crippen LogP contribution in [0, 0.1) is 5.82 Å². The van der Waals surface area contributed by atoms with E-state index in [9.17, 15) is 18.0 Å². The number of halogens is 4. The number of carbonyl (C=O) groups is 1. The van der Waals surface area contributed by atoms with Crippen LogP contribution in [0.5, 0.6) is 0 Å². The largest absolute Gasteiger partial charge is 0.462 e. The normalized spacial score (nSPS) is 10.6. The molecule has 3 nitrogen and oxygen atoms in total. The minimum absolute atomic E-state index is 0.00818. The Morgan fingerprint density at radius 2 is 2.25 bits per heavy atom. The smallest absolute Gasteiger partial charge is 0.340 e. The SMILES string of the molecule is CCOC(=O)c1cnc(Cl)c(F)c1C(F)F. The van der Waals surface area contributed by atoms with Gasteiger partial charge in [-0.2, -0.15) is 0 Å². The second kappa shape index (κ2) is 5.16. The van der Waals surface area contributed by atoms with E-state index in [0.717, 1.165) is 6.20 Å². The lowest BCUT2D eigenvalue weighted by atomic mass is 10.1. The third-order valence-corrected chi connectivity index (χ3v) is 1.99. The quantitative estimate of drug-likeness (QED) is 0.614. The zero-order valence-corrected chi connectivity index (χ0v) is 8.89. The highest BCUT2D eigenvalue weighted by molar-refractivity contribution is 6.29. The molecular weight excluding hydrogens is 247 g/mol. The maximum Gasteiger partial charge on any atom is 0.340 e. The fraction of sp³-hybridized carbons (Fsp3) is 0.333. The molecule has 0 amide bonds. The Labute approximate surface area is 94.2 Å². The lowest BCUT2D eigenvalue weighted by Crippen LogP contribution is -2.11. The second-order valence-electron chi connectivity index (χ2n) is 2.71. The highest BCUT2D eigenvalue weighted by Gasteiger charge is 2.26. The Hall–Kier alpha value is -1.30. The summed E-state index contributed by atoms with van der Waals surface area (Å²) >= 11 is 5.24. The fourth-order valence-corrected chi connectivity index (χ4v) is 1.21. The summed E-state index contributed by atoms with van der Waals surface area (Å²) in [6.07, 6.45) is -2.40. The Morgan fingerprint density at radius 1 is 1.62 bits per heavy atom. The molecule has 0 bridgehead atoms. The molecule has 0 saturated heterocycles. The number of hydrogen-bond donors (Lipinski definition) is 0. The average molecular weight is 254 g/mol. The number of pyridine rings is 1. The molecule has 0 radical (unpaired) electrons. The zero-order valence-electron chi connectivity index (χ0n) is 8.14. The number of carbonyl (C=O) groups excluding carboxylic acids is 1. The van der Waals surface area contributed by atoms with Crippen molar-refractivity contribution in [2.45, 2.75) is 13.3 Å². The van der Waals surface area contributed by atoms with Gasteiger partial charge in [-0.15, -0.1) is 0 Å². The molecule has 0 aromatic carbocycles. The van der Waals surface area contributed by atoms with Crippen molar-refractivity contribution in [2.75, 3.05) is 6.61 Å². The van der Waals surface area contributed by atoms with Crippen LogP contribution in [0.1, 0.15) is 29.3 Å². The van der Waals surface area contributed by atoms with Crippen LogP contribution in [0.2, 0.25) is 5.15 Å². The molecule has 88 valence electrons. The van der Waals surface area contributed by atoms with Crippen LogP contribution >= 0.6 is 11.6 Å². The van der Waals surface area contributed by atoms with Crippen molar-refractivity contribution in [1.29, 1.82) is 0 Å². The van der Waals surface area contributed by atoms with Gasteiger partial charge in [0.15, 0.2) is 11.0 Å². The summed E-state index contributed by atoms with van der Waals surface area (Å²) in [5, 5.41) is -0.705. The summed E-state index contributed by atoms with van der Waals surface area (Å²) in [5.74, 6) is -2.46. The van der Waals surface area contributed by atoms with Gasteiger partial charge in [-0.3, -0.25) is 0 Å². The minimum Gasteiger partial charge on any atom is -0.462 e. The van der Waals surface area contributed by atoms with Gasteiger partial charge < -0.3 is 4.74 Å². The van der Waals surface area contributed by atoms with E-state index in [0.29, 0.717) is 0 Å². The molecule has 0 fully saturated rings. The number of aromatic nitrogens is 1. The van der Waals surface area contributed by atoms with Gasteiger partial charge in [0.25, 0.3) is 6.43 Å². The third kappa shape index (κ3) is 2.44.